The van der Waals surface area contributed by atoms with Crippen molar-refractivity contribution in [3.63, 3.8) is 0 Å². The number of methoxy groups -OCH3 is 1. The number of piperidine rings is 1. The first-order chi connectivity index (χ1) is 13.5. The molecule has 6 rings (SSSR count). The fourth-order valence-electron chi connectivity index (χ4n) is 8.05. The summed E-state index contributed by atoms with van der Waals surface area (Å²) in [5.41, 5.74) is 0.739. The number of hydrogen-bond donors (Lipinski definition) is 0. The van der Waals surface area contributed by atoms with Gasteiger partial charge in [0.25, 0.3) is 0 Å². The van der Waals surface area contributed by atoms with Gasteiger partial charge in [0.15, 0.2) is 11.9 Å². The molecule has 1 spiro atoms. The Balaban J connectivity index is 1.39. The van der Waals surface area contributed by atoms with Gasteiger partial charge < -0.3 is 18.9 Å². The van der Waals surface area contributed by atoms with Crippen molar-refractivity contribution in [2.75, 3.05) is 13.7 Å². The van der Waals surface area contributed by atoms with Crippen molar-refractivity contribution >= 4 is 5.97 Å². The Hall–Kier alpha value is -1.11. The van der Waals surface area contributed by atoms with Crippen molar-refractivity contribution < 1.29 is 23.7 Å². The molecule has 6 aliphatic heterocycles. The number of carbonyl (C=O) groups excluding carboxylic acids is 1. The molecule has 10 unspecified atom stereocenters. The van der Waals surface area contributed by atoms with Gasteiger partial charge in [0.2, 0.25) is 0 Å². The number of rotatable bonds is 5. The molecule has 5 saturated heterocycles. The van der Waals surface area contributed by atoms with Crippen LogP contribution in [0.1, 0.15) is 52.9 Å². The van der Waals surface area contributed by atoms with E-state index in [2.05, 4.69) is 18.7 Å². The molecule has 6 heteroatoms. The monoisotopic (exact) mass is 389 g/mol. The summed E-state index contributed by atoms with van der Waals surface area (Å²) in [7, 11) is 1.62. The number of hydrogen-bond acceptors (Lipinski definition) is 6. The van der Waals surface area contributed by atoms with Gasteiger partial charge in [-0.15, -0.1) is 0 Å². The van der Waals surface area contributed by atoms with Crippen molar-refractivity contribution in [1.29, 1.82) is 0 Å². The van der Waals surface area contributed by atoms with Crippen LogP contribution in [0.5, 0.6) is 0 Å². The Morgan fingerprint density at radius 3 is 2.89 bits per heavy atom. The van der Waals surface area contributed by atoms with Gasteiger partial charge in [-0.3, -0.25) is 4.90 Å². The zero-order valence-corrected chi connectivity index (χ0v) is 17.3. The summed E-state index contributed by atoms with van der Waals surface area (Å²) in [6.45, 7) is 7.49. The number of esters is 1. The highest BCUT2D eigenvalue weighted by molar-refractivity contribution is 5.91. The molecule has 0 amide bonds. The first kappa shape index (κ1) is 17.7. The van der Waals surface area contributed by atoms with Gasteiger partial charge in [0.1, 0.15) is 11.9 Å². The number of cyclic esters (lactones) is 1. The van der Waals surface area contributed by atoms with E-state index in [4.69, 9.17) is 18.9 Å². The molecular formula is C22H31NO5. The molecule has 0 N–H and O–H groups in total. The number of ether oxygens (including phenoxy) is 4. The van der Waals surface area contributed by atoms with Crippen molar-refractivity contribution in [2.45, 2.75) is 88.6 Å². The largest absolute Gasteiger partial charge is 0.496 e. The van der Waals surface area contributed by atoms with E-state index in [1.54, 1.807) is 14.0 Å². The Morgan fingerprint density at radius 1 is 1.32 bits per heavy atom. The van der Waals surface area contributed by atoms with Crippen LogP contribution in [0.25, 0.3) is 0 Å². The van der Waals surface area contributed by atoms with Crippen LogP contribution in [0.2, 0.25) is 0 Å². The SMILES string of the molecule is CCCCC12C3CC4C5C(C)C(C6OC(=O)C(C)=C6OC)OC5(O3)C1CCN42. The average Bonchev–Trinajstić information content (AvgIpc) is 3.38. The van der Waals surface area contributed by atoms with Gasteiger partial charge in [0.05, 0.1) is 24.3 Å². The number of fused-ring (bicyclic) bond motifs is 1. The molecule has 5 bridgehead atoms. The van der Waals surface area contributed by atoms with Crippen molar-refractivity contribution in [2.24, 2.45) is 17.8 Å². The molecule has 10 atom stereocenters. The Kier molecular flexibility index (Phi) is 3.50. The Morgan fingerprint density at radius 2 is 2.14 bits per heavy atom. The molecule has 0 aliphatic carbocycles. The highest BCUT2D eigenvalue weighted by Crippen LogP contribution is 2.72. The summed E-state index contributed by atoms with van der Waals surface area (Å²) in [6, 6.07) is 0.530. The lowest BCUT2D eigenvalue weighted by Gasteiger charge is -2.49. The number of unbranched alkanes of at least 4 members (excludes halogenated alkanes) is 1. The fraction of sp³-hybridized carbons (Fsp3) is 0.864. The zero-order valence-electron chi connectivity index (χ0n) is 17.3. The maximum Gasteiger partial charge on any atom is 0.338 e. The molecule has 6 heterocycles. The van der Waals surface area contributed by atoms with Gasteiger partial charge in [0, 0.05) is 17.9 Å². The summed E-state index contributed by atoms with van der Waals surface area (Å²) < 4.78 is 25.0. The van der Waals surface area contributed by atoms with Crippen molar-refractivity contribution in [3.05, 3.63) is 11.3 Å². The van der Waals surface area contributed by atoms with Crippen LogP contribution < -0.4 is 0 Å². The number of carbonyl (C=O) groups is 1. The molecule has 6 aliphatic rings. The van der Waals surface area contributed by atoms with E-state index in [1.165, 1.54) is 25.8 Å². The van der Waals surface area contributed by atoms with E-state index in [0.717, 1.165) is 12.8 Å². The molecule has 154 valence electrons. The molecule has 0 aromatic rings. The average molecular weight is 389 g/mol. The Labute approximate surface area is 166 Å². The predicted molar refractivity (Wildman–Crippen MR) is 100 cm³/mol. The van der Waals surface area contributed by atoms with Crippen molar-refractivity contribution in [1.82, 2.24) is 4.90 Å². The second-order valence-corrected chi connectivity index (χ2v) is 9.75. The topological polar surface area (TPSA) is 57.2 Å². The van der Waals surface area contributed by atoms with E-state index in [0.29, 0.717) is 35.3 Å². The maximum absolute atomic E-state index is 12.2. The van der Waals surface area contributed by atoms with Gasteiger partial charge >= 0.3 is 5.97 Å². The van der Waals surface area contributed by atoms with Crippen LogP contribution >= 0.6 is 0 Å². The van der Waals surface area contributed by atoms with Crippen LogP contribution in [0.3, 0.4) is 0 Å². The first-order valence-corrected chi connectivity index (χ1v) is 11.1. The van der Waals surface area contributed by atoms with Crippen LogP contribution in [0, 0.1) is 17.8 Å². The quantitative estimate of drug-likeness (QED) is 0.674. The molecule has 28 heavy (non-hydrogen) atoms. The lowest BCUT2D eigenvalue weighted by molar-refractivity contribution is -0.280. The third kappa shape index (κ3) is 1.72. The molecule has 0 radical (unpaired) electrons. The van der Waals surface area contributed by atoms with Crippen LogP contribution in [0.15, 0.2) is 11.3 Å². The molecule has 0 aromatic heterocycles. The van der Waals surface area contributed by atoms with Crippen LogP contribution in [-0.4, -0.2) is 60.2 Å². The van der Waals surface area contributed by atoms with Crippen LogP contribution in [-0.2, 0) is 23.7 Å². The van der Waals surface area contributed by atoms with Gasteiger partial charge in [-0.05, 0) is 38.6 Å². The summed E-state index contributed by atoms with van der Waals surface area (Å²) >= 11 is 0. The lowest BCUT2D eigenvalue weighted by atomic mass is 9.69. The van der Waals surface area contributed by atoms with E-state index < -0.39 is 11.9 Å². The standard InChI is InChI=1S/C22H31NO5/c1-5-6-8-21-14-7-9-23(21)13-10-15(21)27-22(14)16(13)11(2)18(28-22)19-17(25-4)12(3)20(24)26-19/h11,13-16,18-19H,5-10H2,1-4H3. The highest BCUT2D eigenvalue weighted by atomic mass is 16.7. The smallest absolute Gasteiger partial charge is 0.338 e. The minimum atomic E-state index is -0.500. The number of nitrogens with zero attached hydrogens (tertiary/aromatic N) is 1. The second kappa shape index (κ2) is 5.52. The van der Waals surface area contributed by atoms with Gasteiger partial charge in [-0.2, -0.15) is 0 Å². The maximum atomic E-state index is 12.2. The minimum Gasteiger partial charge on any atom is -0.496 e. The molecule has 5 fully saturated rings. The normalized spacial score (nSPS) is 55.4. The molecule has 0 aromatic carbocycles. The lowest BCUT2D eigenvalue weighted by Crippen LogP contribution is -2.61. The van der Waals surface area contributed by atoms with Gasteiger partial charge in [-0.25, -0.2) is 4.79 Å². The third-order valence-electron chi connectivity index (χ3n) is 8.92. The predicted octanol–water partition coefficient (Wildman–Crippen LogP) is 2.62. The molecular weight excluding hydrogens is 358 g/mol. The summed E-state index contributed by atoms with van der Waals surface area (Å²) in [4.78, 5) is 15.0. The summed E-state index contributed by atoms with van der Waals surface area (Å²) in [6.07, 6.45) is 5.60. The van der Waals surface area contributed by atoms with E-state index in [-0.39, 0.29) is 23.5 Å². The molecule has 0 saturated carbocycles. The van der Waals surface area contributed by atoms with E-state index in [9.17, 15) is 4.79 Å². The second-order valence-electron chi connectivity index (χ2n) is 9.75. The van der Waals surface area contributed by atoms with E-state index >= 15 is 0 Å². The summed E-state index contributed by atoms with van der Waals surface area (Å²) in [5.74, 6) is 0.872. The minimum absolute atomic E-state index is 0.175. The Bertz CT molecular complexity index is 766. The van der Waals surface area contributed by atoms with Crippen molar-refractivity contribution in [3.8, 4) is 0 Å². The van der Waals surface area contributed by atoms with Gasteiger partial charge in [-0.1, -0.05) is 26.7 Å². The molecule has 6 nitrogen and oxygen atoms in total. The first-order valence-electron chi connectivity index (χ1n) is 11.1. The fourth-order valence-corrected chi connectivity index (χ4v) is 8.05. The third-order valence-corrected chi connectivity index (χ3v) is 8.92. The highest BCUT2D eigenvalue weighted by Gasteiger charge is 2.83. The van der Waals surface area contributed by atoms with E-state index in [1.807, 2.05) is 0 Å². The van der Waals surface area contributed by atoms with Crippen LogP contribution in [0.4, 0.5) is 0 Å². The summed E-state index contributed by atoms with van der Waals surface area (Å²) in [5, 5.41) is 0. The zero-order chi connectivity index (χ0) is 19.4.